The molecule has 1 heterocycles. The molecule has 0 spiro atoms. The lowest BCUT2D eigenvalue weighted by Gasteiger charge is -2.34. The van der Waals surface area contributed by atoms with Gasteiger partial charge in [0.05, 0.1) is 0 Å². The van der Waals surface area contributed by atoms with Crippen LogP contribution in [-0.2, 0) is 4.79 Å². The molecule has 4 nitrogen and oxygen atoms in total. The summed E-state index contributed by atoms with van der Waals surface area (Å²) < 4.78 is 0. The summed E-state index contributed by atoms with van der Waals surface area (Å²) >= 11 is 0. The molecule has 76 valence electrons. The van der Waals surface area contributed by atoms with Crippen molar-refractivity contribution in [3.8, 4) is 0 Å². The van der Waals surface area contributed by atoms with E-state index in [0.29, 0.717) is 0 Å². The van der Waals surface area contributed by atoms with Crippen LogP contribution in [0.15, 0.2) is 0 Å². The van der Waals surface area contributed by atoms with Crippen molar-refractivity contribution in [1.29, 1.82) is 0 Å². The molecule has 13 heavy (non-hydrogen) atoms. The number of hydrogen-bond acceptors (Lipinski definition) is 3. The minimum atomic E-state index is 0.0266. The number of nitrogens with zero attached hydrogens (tertiary/aromatic N) is 1. The van der Waals surface area contributed by atoms with Crippen LogP contribution in [0.3, 0.4) is 0 Å². The Labute approximate surface area is 79.7 Å². The number of amides is 1. The van der Waals surface area contributed by atoms with Gasteiger partial charge in [-0.2, -0.15) is 0 Å². The first-order valence-electron chi connectivity index (χ1n) is 4.96. The number of piperazine rings is 1. The van der Waals surface area contributed by atoms with E-state index in [1.165, 1.54) is 0 Å². The van der Waals surface area contributed by atoms with Crippen LogP contribution in [0.25, 0.3) is 0 Å². The van der Waals surface area contributed by atoms with Gasteiger partial charge in [-0.15, -0.1) is 0 Å². The van der Waals surface area contributed by atoms with Crippen LogP contribution in [0.5, 0.6) is 0 Å². The minimum absolute atomic E-state index is 0.0266. The number of nitrogens with one attached hydrogen (secondary N) is 2. The van der Waals surface area contributed by atoms with Gasteiger partial charge in [-0.3, -0.25) is 9.69 Å². The molecule has 1 atom stereocenters. The van der Waals surface area contributed by atoms with Crippen molar-refractivity contribution < 1.29 is 4.79 Å². The van der Waals surface area contributed by atoms with Crippen LogP contribution < -0.4 is 10.6 Å². The standard InChI is InChI=1S/C9H19N3O/c1-3-5-12-6-4-11-7-8(12)9(13)10-2/h8,11H,3-7H2,1-2H3,(H,10,13). The smallest absolute Gasteiger partial charge is 0.238 e. The molecule has 1 amide bonds. The van der Waals surface area contributed by atoms with E-state index in [9.17, 15) is 4.79 Å². The fourth-order valence-electron chi connectivity index (χ4n) is 1.73. The third-order valence-electron chi connectivity index (χ3n) is 2.41. The van der Waals surface area contributed by atoms with Crippen LogP contribution in [0, 0.1) is 0 Å². The van der Waals surface area contributed by atoms with Crippen molar-refractivity contribution in [2.75, 3.05) is 33.2 Å². The zero-order chi connectivity index (χ0) is 9.68. The van der Waals surface area contributed by atoms with Gasteiger partial charge in [0.1, 0.15) is 6.04 Å². The third kappa shape index (κ3) is 2.67. The first-order chi connectivity index (χ1) is 6.29. The first-order valence-corrected chi connectivity index (χ1v) is 4.96. The molecule has 0 bridgehead atoms. The van der Waals surface area contributed by atoms with Gasteiger partial charge in [-0.25, -0.2) is 0 Å². The van der Waals surface area contributed by atoms with Crippen molar-refractivity contribution in [2.24, 2.45) is 0 Å². The summed E-state index contributed by atoms with van der Waals surface area (Å²) in [5.41, 5.74) is 0. The van der Waals surface area contributed by atoms with Gasteiger partial charge in [0, 0.05) is 26.7 Å². The van der Waals surface area contributed by atoms with E-state index in [1.54, 1.807) is 7.05 Å². The van der Waals surface area contributed by atoms with Crippen LogP contribution in [0.2, 0.25) is 0 Å². The molecule has 1 aliphatic heterocycles. The van der Waals surface area contributed by atoms with Crippen LogP contribution in [-0.4, -0.2) is 50.1 Å². The summed E-state index contributed by atoms with van der Waals surface area (Å²) in [5.74, 6) is 0.126. The molecular weight excluding hydrogens is 166 g/mol. The highest BCUT2D eigenvalue weighted by Crippen LogP contribution is 2.03. The lowest BCUT2D eigenvalue weighted by atomic mass is 10.1. The summed E-state index contributed by atoms with van der Waals surface area (Å²) in [7, 11) is 1.70. The molecule has 0 radical (unpaired) electrons. The van der Waals surface area contributed by atoms with Gasteiger partial charge >= 0.3 is 0 Å². The quantitative estimate of drug-likeness (QED) is 0.618. The Morgan fingerprint density at radius 1 is 1.69 bits per heavy atom. The van der Waals surface area contributed by atoms with Gasteiger partial charge < -0.3 is 10.6 Å². The van der Waals surface area contributed by atoms with Crippen molar-refractivity contribution in [1.82, 2.24) is 15.5 Å². The molecule has 1 aliphatic rings. The van der Waals surface area contributed by atoms with Crippen molar-refractivity contribution in [2.45, 2.75) is 19.4 Å². The Balaban J connectivity index is 2.50. The van der Waals surface area contributed by atoms with E-state index < -0.39 is 0 Å². The van der Waals surface area contributed by atoms with E-state index in [-0.39, 0.29) is 11.9 Å². The fraction of sp³-hybridized carbons (Fsp3) is 0.889. The number of likely N-dealkylation sites (N-methyl/N-ethyl adjacent to an activating group) is 1. The number of carbonyl (C=O) groups is 1. The molecular formula is C9H19N3O. The molecule has 4 heteroatoms. The normalized spacial score (nSPS) is 24.3. The summed E-state index contributed by atoms with van der Waals surface area (Å²) in [5, 5.41) is 5.94. The van der Waals surface area contributed by atoms with E-state index in [0.717, 1.165) is 32.6 Å². The lowest BCUT2D eigenvalue weighted by Crippen LogP contribution is -2.57. The second kappa shape index (κ2) is 5.19. The Kier molecular flexibility index (Phi) is 4.18. The molecule has 1 fully saturated rings. The topological polar surface area (TPSA) is 44.4 Å². The molecule has 2 N–H and O–H groups in total. The molecule has 0 aromatic heterocycles. The molecule has 0 aliphatic carbocycles. The average molecular weight is 185 g/mol. The summed E-state index contributed by atoms with van der Waals surface area (Å²) in [6, 6.07) is 0.0266. The number of rotatable bonds is 3. The summed E-state index contributed by atoms with van der Waals surface area (Å²) in [6.07, 6.45) is 1.10. The number of hydrogen-bond donors (Lipinski definition) is 2. The molecule has 1 saturated heterocycles. The van der Waals surface area contributed by atoms with Gasteiger partial charge in [0.25, 0.3) is 0 Å². The van der Waals surface area contributed by atoms with Crippen LogP contribution in [0.1, 0.15) is 13.3 Å². The second-order valence-electron chi connectivity index (χ2n) is 3.37. The summed E-state index contributed by atoms with van der Waals surface area (Å²) in [6.45, 7) is 5.90. The lowest BCUT2D eigenvalue weighted by molar-refractivity contribution is -0.126. The SMILES string of the molecule is CCCN1CCNCC1C(=O)NC. The van der Waals surface area contributed by atoms with E-state index in [4.69, 9.17) is 0 Å². The third-order valence-corrected chi connectivity index (χ3v) is 2.41. The maximum absolute atomic E-state index is 11.5. The van der Waals surface area contributed by atoms with E-state index in [2.05, 4.69) is 22.5 Å². The second-order valence-corrected chi connectivity index (χ2v) is 3.37. The fourth-order valence-corrected chi connectivity index (χ4v) is 1.73. The van der Waals surface area contributed by atoms with Gasteiger partial charge in [0.15, 0.2) is 0 Å². The molecule has 0 aromatic rings. The van der Waals surface area contributed by atoms with Crippen molar-refractivity contribution >= 4 is 5.91 Å². The highest BCUT2D eigenvalue weighted by molar-refractivity contribution is 5.81. The zero-order valence-corrected chi connectivity index (χ0v) is 8.47. The summed E-state index contributed by atoms with van der Waals surface area (Å²) in [4.78, 5) is 13.7. The van der Waals surface area contributed by atoms with Gasteiger partial charge in [-0.05, 0) is 13.0 Å². The zero-order valence-electron chi connectivity index (χ0n) is 8.47. The highest BCUT2D eigenvalue weighted by Gasteiger charge is 2.26. The monoisotopic (exact) mass is 185 g/mol. The highest BCUT2D eigenvalue weighted by atomic mass is 16.2. The van der Waals surface area contributed by atoms with Gasteiger partial charge in [-0.1, -0.05) is 6.92 Å². The number of carbonyl (C=O) groups excluding carboxylic acids is 1. The van der Waals surface area contributed by atoms with Crippen LogP contribution >= 0.6 is 0 Å². The molecule has 0 saturated carbocycles. The Morgan fingerprint density at radius 2 is 2.46 bits per heavy atom. The maximum Gasteiger partial charge on any atom is 0.238 e. The predicted molar refractivity (Wildman–Crippen MR) is 52.6 cm³/mol. The Morgan fingerprint density at radius 3 is 3.08 bits per heavy atom. The average Bonchev–Trinajstić information content (AvgIpc) is 2.18. The van der Waals surface area contributed by atoms with Gasteiger partial charge in [0.2, 0.25) is 5.91 Å². The molecule has 1 unspecified atom stereocenters. The van der Waals surface area contributed by atoms with Crippen molar-refractivity contribution in [3.05, 3.63) is 0 Å². The minimum Gasteiger partial charge on any atom is -0.358 e. The van der Waals surface area contributed by atoms with E-state index in [1.807, 2.05) is 0 Å². The van der Waals surface area contributed by atoms with Crippen molar-refractivity contribution in [3.63, 3.8) is 0 Å². The first kappa shape index (κ1) is 10.5. The Bertz CT molecular complexity index is 170. The largest absolute Gasteiger partial charge is 0.358 e. The molecule has 0 aromatic carbocycles. The predicted octanol–water partition coefficient (Wildman–Crippen LogP) is -0.584. The Hall–Kier alpha value is -0.610. The molecule has 1 rings (SSSR count). The van der Waals surface area contributed by atoms with E-state index >= 15 is 0 Å². The maximum atomic E-state index is 11.5. The van der Waals surface area contributed by atoms with Crippen LogP contribution in [0.4, 0.5) is 0 Å².